The van der Waals surface area contributed by atoms with Gasteiger partial charge in [-0.1, -0.05) is 110 Å². The third-order valence-electron chi connectivity index (χ3n) is 5.43. The molecule has 0 heterocycles. The Morgan fingerprint density at radius 1 is 0.615 bits per heavy atom. The van der Waals surface area contributed by atoms with E-state index in [1.54, 1.807) is 0 Å². The fourth-order valence-corrected chi connectivity index (χ4v) is 3.63. The van der Waals surface area contributed by atoms with E-state index in [0.29, 0.717) is 12.8 Å². The van der Waals surface area contributed by atoms with Crippen LogP contribution in [0.15, 0.2) is 0 Å². The molecule has 0 aromatic rings. The normalized spacial score (nSPS) is 12.4. The summed E-state index contributed by atoms with van der Waals surface area (Å²) in [5, 5.41) is 11.2. The topological polar surface area (TPSA) is 37.0 Å². The van der Waals surface area contributed by atoms with E-state index in [-0.39, 0.29) is 12.6 Å². The summed E-state index contributed by atoms with van der Waals surface area (Å²) < 4.78 is 12.0. The first-order valence-electron chi connectivity index (χ1n) is 11.5. The van der Waals surface area contributed by atoms with Crippen molar-refractivity contribution >= 4 is 5.97 Å². The van der Waals surface area contributed by atoms with Crippen LogP contribution in [-0.2, 0) is 9.90 Å². The summed E-state index contributed by atoms with van der Waals surface area (Å²) in [5.41, 5.74) is 0. The van der Waals surface area contributed by atoms with Crippen molar-refractivity contribution in [3.8, 4) is 0 Å². The van der Waals surface area contributed by atoms with Crippen molar-refractivity contribution in [3.63, 3.8) is 0 Å². The predicted octanol–water partition coefficient (Wildman–Crippen LogP) is 7.96. The van der Waals surface area contributed by atoms with Crippen molar-refractivity contribution in [1.29, 1.82) is 0 Å². The molecule has 1 radical (unpaired) electrons. The standard InChI is InChI=1S/C23H44FO2/c1-2-3-4-5-6-7-8-9-10-11-12-13-16-19-22(23(25)26)20-17-14-15-18-21-24/h22H,2-21H2,1H3. The molecule has 0 spiro atoms. The average molecular weight is 372 g/mol. The maximum Gasteiger partial charge on any atom is 0.358 e. The fourth-order valence-electron chi connectivity index (χ4n) is 3.63. The van der Waals surface area contributed by atoms with Gasteiger partial charge < -0.3 is 0 Å². The molecule has 0 N–H and O–H groups in total. The Morgan fingerprint density at radius 2 is 0.962 bits per heavy atom. The maximum absolute atomic E-state index is 12.0. The maximum atomic E-state index is 12.0. The smallest absolute Gasteiger partial charge is 0.251 e. The number of hydrogen-bond donors (Lipinski definition) is 0. The van der Waals surface area contributed by atoms with Crippen LogP contribution in [0.3, 0.4) is 0 Å². The Labute approximate surface area is 162 Å². The molecule has 2 nitrogen and oxygen atoms in total. The first-order valence-corrected chi connectivity index (χ1v) is 11.5. The summed E-state index contributed by atoms with van der Waals surface area (Å²) in [6, 6.07) is 0. The number of hydrogen-bond acceptors (Lipinski definition) is 1. The molecule has 3 heteroatoms. The Morgan fingerprint density at radius 3 is 1.31 bits per heavy atom. The number of alkyl halides is 1. The van der Waals surface area contributed by atoms with Gasteiger partial charge in [-0.3, -0.25) is 4.39 Å². The van der Waals surface area contributed by atoms with E-state index in [2.05, 4.69) is 6.92 Å². The van der Waals surface area contributed by atoms with Gasteiger partial charge in [0.25, 0.3) is 0 Å². The fraction of sp³-hybridized carbons (Fsp3) is 0.957. The van der Waals surface area contributed by atoms with Crippen LogP contribution in [0.25, 0.3) is 0 Å². The van der Waals surface area contributed by atoms with Crippen LogP contribution in [0, 0.1) is 5.92 Å². The Hall–Kier alpha value is -0.600. The van der Waals surface area contributed by atoms with Crippen molar-refractivity contribution in [2.75, 3.05) is 6.67 Å². The Bertz CT molecular complexity index is 294. The van der Waals surface area contributed by atoms with Gasteiger partial charge in [0.05, 0.1) is 12.6 Å². The van der Waals surface area contributed by atoms with Crippen molar-refractivity contribution in [3.05, 3.63) is 0 Å². The van der Waals surface area contributed by atoms with Crippen LogP contribution in [-0.4, -0.2) is 12.6 Å². The third-order valence-corrected chi connectivity index (χ3v) is 5.43. The van der Waals surface area contributed by atoms with Gasteiger partial charge in [-0.25, -0.2) is 9.90 Å². The molecule has 0 aromatic heterocycles. The molecule has 0 aliphatic rings. The highest BCUT2D eigenvalue weighted by Gasteiger charge is 2.18. The predicted molar refractivity (Wildman–Crippen MR) is 109 cm³/mol. The number of carbonyl (C=O) groups excluding carboxylic acids is 1. The molecule has 0 fully saturated rings. The zero-order chi connectivity index (χ0) is 19.3. The quantitative estimate of drug-likeness (QED) is 0.188. The molecule has 0 bridgehead atoms. The van der Waals surface area contributed by atoms with Gasteiger partial charge >= 0.3 is 5.97 Å². The van der Waals surface area contributed by atoms with E-state index in [1.165, 1.54) is 70.6 Å². The van der Waals surface area contributed by atoms with Gasteiger partial charge in [-0.05, 0) is 19.3 Å². The largest absolute Gasteiger partial charge is 0.358 e. The molecular formula is C23H44FO2. The van der Waals surface area contributed by atoms with E-state index in [4.69, 9.17) is 0 Å². The molecule has 1 unspecified atom stereocenters. The zero-order valence-corrected chi connectivity index (χ0v) is 17.4. The highest BCUT2D eigenvalue weighted by atomic mass is 19.1. The van der Waals surface area contributed by atoms with E-state index in [9.17, 15) is 14.3 Å². The van der Waals surface area contributed by atoms with Crippen LogP contribution in [0.5, 0.6) is 0 Å². The minimum Gasteiger partial charge on any atom is -0.251 e. The average Bonchev–Trinajstić information content (AvgIpc) is 2.63. The number of unbranched alkanes of at least 4 members (excludes halogenated alkanes) is 15. The van der Waals surface area contributed by atoms with Crippen molar-refractivity contribution in [2.45, 2.75) is 129 Å². The van der Waals surface area contributed by atoms with Crippen molar-refractivity contribution in [2.24, 2.45) is 5.92 Å². The lowest BCUT2D eigenvalue weighted by Crippen LogP contribution is -2.12. The van der Waals surface area contributed by atoms with Crippen LogP contribution < -0.4 is 0 Å². The molecule has 155 valence electrons. The third kappa shape index (κ3) is 18.2. The summed E-state index contributed by atoms with van der Waals surface area (Å²) >= 11 is 0. The van der Waals surface area contributed by atoms with Gasteiger partial charge in [-0.2, -0.15) is 0 Å². The minimum atomic E-state index is -0.894. The highest BCUT2D eigenvalue weighted by Crippen LogP contribution is 2.19. The molecule has 0 saturated carbocycles. The molecule has 0 rings (SSSR count). The van der Waals surface area contributed by atoms with Crippen molar-refractivity contribution < 1.29 is 14.3 Å². The summed E-state index contributed by atoms with van der Waals surface area (Å²) in [7, 11) is 0. The summed E-state index contributed by atoms with van der Waals surface area (Å²) in [5.74, 6) is -1.19. The Kier molecular flexibility index (Phi) is 20.2. The summed E-state index contributed by atoms with van der Waals surface area (Å²) in [4.78, 5) is 11.2. The van der Waals surface area contributed by atoms with Crippen LogP contribution in [0.4, 0.5) is 4.39 Å². The highest BCUT2D eigenvalue weighted by molar-refractivity contribution is 5.69. The molecule has 0 aliphatic carbocycles. The Balaban J connectivity index is 3.38. The molecule has 0 aliphatic heterocycles. The molecule has 0 aromatic carbocycles. The van der Waals surface area contributed by atoms with Gasteiger partial charge in [0.1, 0.15) is 0 Å². The van der Waals surface area contributed by atoms with E-state index >= 15 is 0 Å². The molecular weight excluding hydrogens is 327 g/mol. The van der Waals surface area contributed by atoms with Crippen LogP contribution in [0.1, 0.15) is 129 Å². The van der Waals surface area contributed by atoms with E-state index in [0.717, 1.165) is 38.5 Å². The van der Waals surface area contributed by atoms with Crippen LogP contribution in [0.2, 0.25) is 0 Å². The second-order valence-corrected chi connectivity index (χ2v) is 7.94. The molecule has 0 saturated heterocycles. The van der Waals surface area contributed by atoms with Crippen LogP contribution >= 0.6 is 0 Å². The van der Waals surface area contributed by atoms with Gasteiger partial charge in [0.15, 0.2) is 0 Å². The lowest BCUT2D eigenvalue weighted by molar-refractivity contribution is -0.148. The second kappa shape index (κ2) is 20.7. The first-order chi connectivity index (χ1) is 12.7. The van der Waals surface area contributed by atoms with Gasteiger partial charge in [0, 0.05) is 0 Å². The van der Waals surface area contributed by atoms with E-state index < -0.39 is 5.97 Å². The SMILES string of the molecule is CCCCCCCCCCCCCCCC(CCCCCCF)C([O])=O. The summed E-state index contributed by atoms with van der Waals surface area (Å²) in [6.07, 6.45) is 21.8. The van der Waals surface area contributed by atoms with Gasteiger partial charge in [-0.15, -0.1) is 0 Å². The monoisotopic (exact) mass is 371 g/mol. The number of rotatable bonds is 21. The number of carbonyl (C=O) groups is 1. The van der Waals surface area contributed by atoms with Crippen molar-refractivity contribution in [1.82, 2.24) is 0 Å². The lowest BCUT2D eigenvalue weighted by atomic mass is 9.94. The molecule has 1 atom stereocenters. The first kappa shape index (κ1) is 25.4. The molecule has 0 amide bonds. The zero-order valence-electron chi connectivity index (χ0n) is 17.4. The summed E-state index contributed by atoms with van der Waals surface area (Å²) in [6.45, 7) is 2.00. The molecule has 26 heavy (non-hydrogen) atoms. The minimum absolute atomic E-state index is 0.261. The van der Waals surface area contributed by atoms with E-state index in [1.807, 2.05) is 0 Å². The second-order valence-electron chi connectivity index (χ2n) is 7.94. The lowest BCUT2D eigenvalue weighted by Gasteiger charge is -2.10. The number of halogens is 1. The van der Waals surface area contributed by atoms with Gasteiger partial charge in [0.2, 0.25) is 0 Å².